The fourth-order valence-corrected chi connectivity index (χ4v) is 13.1. The summed E-state index contributed by atoms with van der Waals surface area (Å²) in [5.41, 5.74) is 1.39. The van der Waals surface area contributed by atoms with Crippen molar-refractivity contribution in [3.63, 3.8) is 0 Å². The number of para-hydroxylation sites is 2. The summed E-state index contributed by atoms with van der Waals surface area (Å²) in [7, 11) is 0. The Labute approximate surface area is 311 Å². The van der Waals surface area contributed by atoms with Crippen LogP contribution in [0.3, 0.4) is 0 Å². The van der Waals surface area contributed by atoms with Crippen LogP contribution in [0.5, 0.6) is 11.5 Å². The third kappa shape index (κ3) is 5.23. The van der Waals surface area contributed by atoms with Gasteiger partial charge in [-0.15, -0.1) is 0 Å². The van der Waals surface area contributed by atoms with Gasteiger partial charge in [0.1, 0.15) is 17.3 Å². The van der Waals surface area contributed by atoms with Crippen molar-refractivity contribution in [3.8, 4) is 11.5 Å². The summed E-state index contributed by atoms with van der Waals surface area (Å²) >= 11 is 0. The van der Waals surface area contributed by atoms with Gasteiger partial charge in [0.05, 0.1) is 0 Å². The molecule has 0 saturated heterocycles. The first-order valence-corrected chi connectivity index (χ1v) is 20.8. The van der Waals surface area contributed by atoms with Crippen molar-refractivity contribution >= 4 is 5.78 Å². The second-order valence-corrected chi connectivity index (χ2v) is 16.9. The van der Waals surface area contributed by atoms with E-state index in [-0.39, 0.29) is 11.8 Å². The Balaban J connectivity index is 1.52. The molecule has 4 saturated carbocycles. The largest absolute Gasteiger partial charge is 0.508 e. The summed E-state index contributed by atoms with van der Waals surface area (Å²) in [5, 5.41) is 24.2. The zero-order valence-electron chi connectivity index (χ0n) is 31.1. The van der Waals surface area contributed by atoms with Crippen LogP contribution in [0.25, 0.3) is 0 Å². The molecule has 52 heavy (non-hydrogen) atoms. The Morgan fingerprint density at radius 2 is 0.769 bits per heavy atom. The highest BCUT2D eigenvalue weighted by atomic mass is 16.3. The number of Topliss-reactive ketones (excluding diaryl/α,β-unsaturated/α-hetero) is 1. The van der Waals surface area contributed by atoms with Gasteiger partial charge in [-0.2, -0.15) is 0 Å². The van der Waals surface area contributed by atoms with Crippen molar-refractivity contribution in [2.24, 2.45) is 22.7 Å². The molecule has 4 aliphatic carbocycles. The molecule has 4 aliphatic rings. The maximum Gasteiger partial charge on any atom is 0.148 e. The lowest BCUT2D eigenvalue weighted by molar-refractivity contribution is -0.167. The molecule has 0 bridgehead atoms. The van der Waals surface area contributed by atoms with E-state index in [1.807, 2.05) is 24.3 Å². The van der Waals surface area contributed by atoms with Gasteiger partial charge in [-0.1, -0.05) is 161 Å². The minimum atomic E-state index is -0.731. The van der Waals surface area contributed by atoms with Gasteiger partial charge in [-0.05, 0) is 86.5 Å². The van der Waals surface area contributed by atoms with Gasteiger partial charge in [0.2, 0.25) is 0 Å². The third-order valence-electron chi connectivity index (χ3n) is 14.9. The molecule has 0 aromatic heterocycles. The van der Waals surface area contributed by atoms with E-state index in [1.165, 1.54) is 24.0 Å². The molecule has 272 valence electrons. The minimum Gasteiger partial charge on any atom is -0.508 e. The molecule has 4 unspecified atom stereocenters. The van der Waals surface area contributed by atoms with E-state index in [9.17, 15) is 10.2 Å². The standard InChI is InChI=1S/C49H58O3/c50-43-31-15-13-29-41(43)46(37-21-5-1-6-22-37)33-17-19-35-48(46,39-25-9-3-10-26-39)45(52)49(40-27-11-4-12-28-40)36-20-18-34-47(49,38-23-7-2-8-24-38)42-30-14-16-32-44(42)51/h1-2,5-8,13-16,21-24,29-32,39-40,50-51H,3-4,9-12,17-20,25-28,33-36H2. The van der Waals surface area contributed by atoms with Crippen LogP contribution in [0.4, 0.5) is 0 Å². The first-order valence-electron chi connectivity index (χ1n) is 20.8. The zero-order valence-corrected chi connectivity index (χ0v) is 31.1. The molecule has 3 nitrogen and oxygen atoms in total. The third-order valence-corrected chi connectivity index (χ3v) is 14.9. The minimum absolute atomic E-state index is 0.203. The molecule has 0 heterocycles. The highest BCUT2D eigenvalue weighted by molar-refractivity contribution is 5.96. The van der Waals surface area contributed by atoms with Crippen molar-refractivity contribution in [1.29, 1.82) is 0 Å². The number of carbonyl (C=O) groups excluding carboxylic acids is 1. The zero-order chi connectivity index (χ0) is 35.7. The molecule has 4 aromatic carbocycles. The molecule has 2 N–H and O–H groups in total. The Bertz CT molecular complexity index is 1690. The first kappa shape index (κ1) is 35.2. The average Bonchev–Trinajstić information content (AvgIpc) is 3.22. The van der Waals surface area contributed by atoms with E-state index >= 15 is 4.79 Å². The van der Waals surface area contributed by atoms with Gasteiger partial charge in [-0.3, -0.25) is 4.79 Å². The maximum atomic E-state index is 17.8. The van der Waals surface area contributed by atoms with Crippen LogP contribution < -0.4 is 0 Å². The Morgan fingerprint density at radius 3 is 1.15 bits per heavy atom. The molecule has 3 heteroatoms. The van der Waals surface area contributed by atoms with Crippen molar-refractivity contribution in [3.05, 3.63) is 131 Å². The number of benzene rings is 4. The number of carbonyl (C=O) groups is 1. The lowest BCUT2D eigenvalue weighted by Crippen LogP contribution is -2.68. The summed E-state index contributed by atoms with van der Waals surface area (Å²) in [6, 6.07) is 37.9. The lowest BCUT2D eigenvalue weighted by Gasteiger charge is -2.65. The average molecular weight is 695 g/mol. The van der Waals surface area contributed by atoms with Crippen LogP contribution in [0.2, 0.25) is 0 Å². The second kappa shape index (κ2) is 14.5. The number of phenolic OH excluding ortho intramolecular Hbond substituents is 2. The van der Waals surface area contributed by atoms with Gasteiger partial charge in [0.25, 0.3) is 0 Å². The Morgan fingerprint density at radius 1 is 0.423 bits per heavy atom. The lowest BCUT2D eigenvalue weighted by atomic mass is 9.35. The van der Waals surface area contributed by atoms with E-state index < -0.39 is 21.7 Å². The van der Waals surface area contributed by atoms with E-state index in [4.69, 9.17) is 0 Å². The number of hydrogen-bond donors (Lipinski definition) is 2. The normalized spacial score (nSPS) is 30.5. The van der Waals surface area contributed by atoms with Crippen LogP contribution in [0.1, 0.15) is 138 Å². The van der Waals surface area contributed by atoms with Crippen LogP contribution >= 0.6 is 0 Å². The summed E-state index contributed by atoms with van der Waals surface area (Å²) in [6.45, 7) is 0. The molecule has 4 aromatic rings. The number of aromatic hydroxyl groups is 2. The molecular formula is C49H58O3. The van der Waals surface area contributed by atoms with Crippen molar-refractivity contribution < 1.29 is 15.0 Å². The molecular weight excluding hydrogens is 637 g/mol. The maximum absolute atomic E-state index is 17.8. The van der Waals surface area contributed by atoms with Gasteiger partial charge in [0.15, 0.2) is 0 Å². The summed E-state index contributed by atoms with van der Waals surface area (Å²) < 4.78 is 0. The van der Waals surface area contributed by atoms with Crippen LogP contribution in [0.15, 0.2) is 109 Å². The van der Waals surface area contributed by atoms with Gasteiger partial charge < -0.3 is 10.2 Å². The van der Waals surface area contributed by atoms with E-state index in [0.717, 1.165) is 114 Å². The number of hydrogen-bond acceptors (Lipinski definition) is 3. The summed E-state index contributed by atoms with van der Waals surface area (Å²) in [5.74, 6) is 1.49. The second-order valence-electron chi connectivity index (χ2n) is 16.9. The Kier molecular flexibility index (Phi) is 9.83. The molecule has 0 aliphatic heterocycles. The van der Waals surface area contributed by atoms with Crippen LogP contribution in [0, 0.1) is 22.7 Å². The topological polar surface area (TPSA) is 57.5 Å². The highest BCUT2D eigenvalue weighted by Gasteiger charge is 2.72. The molecule has 4 fully saturated rings. The fourth-order valence-electron chi connectivity index (χ4n) is 13.1. The summed E-state index contributed by atoms with van der Waals surface area (Å²) in [4.78, 5) is 17.8. The predicted molar refractivity (Wildman–Crippen MR) is 211 cm³/mol. The molecule has 4 atom stereocenters. The van der Waals surface area contributed by atoms with Crippen LogP contribution in [-0.4, -0.2) is 16.0 Å². The molecule has 0 radical (unpaired) electrons. The van der Waals surface area contributed by atoms with Gasteiger partial charge in [0, 0.05) is 32.8 Å². The SMILES string of the molecule is O=C(C1(C2CCCCC2)CCCCC1(c1ccccc1)c1ccccc1O)C1(C2CCCCC2)CCCCC1(c1ccccc1)c1ccccc1O. The van der Waals surface area contributed by atoms with E-state index in [2.05, 4.69) is 84.9 Å². The van der Waals surface area contributed by atoms with Gasteiger partial charge in [-0.25, -0.2) is 0 Å². The van der Waals surface area contributed by atoms with E-state index in [0.29, 0.717) is 17.3 Å². The van der Waals surface area contributed by atoms with Crippen LogP contribution in [-0.2, 0) is 15.6 Å². The number of phenols is 2. The van der Waals surface area contributed by atoms with Gasteiger partial charge >= 0.3 is 0 Å². The van der Waals surface area contributed by atoms with Crippen molar-refractivity contribution in [2.75, 3.05) is 0 Å². The Hall–Kier alpha value is -3.85. The fraction of sp³-hybridized carbons (Fsp3) is 0.490. The van der Waals surface area contributed by atoms with Crippen molar-refractivity contribution in [2.45, 2.75) is 126 Å². The molecule has 0 amide bonds. The monoisotopic (exact) mass is 694 g/mol. The summed E-state index contributed by atoms with van der Waals surface area (Å²) in [6.07, 6.45) is 18.6. The quantitative estimate of drug-likeness (QED) is 0.193. The first-order chi connectivity index (χ1) is 25.5. The predicted octanol–water partition coefficient (Wildman–Crippen LogP) is 12.2. The highest BCUT2D eigenvalue weighted by Crippen LogP contribution is 2.71. The van der Waals surface area contributed by atoms with E-state index in [1.54, 1.807) is 0 Å². The number of rotatable bonds is 8. The number of ketones is 1. The molecule has 0 spiro atoms. The smallest absolute Gasteiger partial charge is 0.148 e. The van der Waals surface area contributed by atoms with Crippen molar-refractivity contribution in [1.82, 2.24) is 0 Å². The molecule has 8 rings (SSSR count).